The number of nitrogens with one attached hydrogen (secondary N) is 3. The van der Waals surface area contributed by atoms with Gasteiger partial charge in [0.15, 0.2) is 0 Å². The molecule has 2 amide bonds. The molecule has 2 rings (SSSR count). The summed E-state index contributed by atoms with van der Waals surface area (Å²) in [5, 5.41) is 0. The average Bonchev–Trinajstić information content (AvgIpc) is 2.84. The van der Waals surface area contributed by atoms with Crippen LogP contribution in [0.1, 0.15) is 49.0 Å². The Kier molecular flexibility index (Phi) is 5.01. The molecule has 0 atom stereocenters. The van der Waals surface area contributed by atoms with Crippen LogP contribution in [0.25, 0.3) is 0 Å². The summed E-state index contributed by atoms with van der Waals surface area (Å²) in [6.45, 7) is 0. The maximum Gasteiger partial charge on any atom is 0.286 e. The van der Waals surface area contributed by atoms with Crippen molar-refractivity contribution in [2.75, 3.05) is 0 Å². The summed E-state index contributed by atoms with van der Waals surface area (Å²) >= 11 is 3.25. The molecule has 1 heterocycles. The van der Waals surface area contributed by atoms with Crippen LogP contribution in [-0.4, -0.2) is 16.8 Å². The number of hydrazine groups is 1. The van der Waals surface area contributed by atoms with E-state index in [9.17, 15) is 9.59 Å². The fourth-order valence-electron chi connectivity index (χ4n) is 2.40. The summed E-state index contributed by atoms with van der Waals surface area (Å²) in [6.07, 6.45) is 8.08. The quantitative estimate of drug-likeness (QED) is 0.746. The van der Waals surface area contributed by atoms with Crippen LogP contribution >= 0.6 is 15.9 Å². The Morgan fingerprint density at radius 3 is 2.63 bits per heavy atom. The highest BCUT2D eigenvalue weighted by atomic mass is 79.9. The van der Waals surface area contributed by atoms with Gasteiger partial charge in [0.1, 0.15) is 5.69 Å². The van der Waals surface area contributed by atoms with Crippen LogP contribution in [0.2, 0.25) is 0 Å². The fourth-order valence-corrected chi connectivity index (χ4v) is 2.74. The Morgan fingerprint density at radius 1 is 1.26 bits per heavy atom. The molecule has 0 bridgehead atoms. The van der Waals surface area contributed by atoms with E-state index in [2.05, 4.69) is 31.8 Å². The van der Waals surface area contributed by atoms with Crippen molar-refractivity contribution in [3.8, 4) is 0 Å². The number of rotatable bonds is 3. The van der Waals surface area contributed by atoms with Crippen molar-refractivity contribution in [3.05, 3.63) is 22.4 Å². The van der Waals surface area contributed by atoms with Crippen LogP contribution < -0.4 is 10.9 Å². The largest absolute Gasteiger partial charge is 0.356 e. The molecule has 6 heteroatoms. The first kappa shape index (κ1) is 14.1. The standard InChI is InChI=1S/C13H18BrN3O2/c14-10-7-11(15-8-10)13(19)17-16-12(18)6-9-4-2-1-3-5-9/h7-9,15H,1-6H2,(H,16,18)(H,17,19). The zero-order chi connectivity index (χ0) is 13.7. The Bertz CT molecular complexity index is 452. The topological polar surface area (TPSA) is 74.0 Å². The Balaban J connectivity index is 1.72. The molecule has 5 nitrogen and oxygen atoms in total. The fraction of sp³-hybridized carbons (Fsp3) is 0.538. The molecular formula is C13H18BrN3O2. The van der Waals surface area contributed by atoms with Gasteiger partial charge in [-0.1, -0.05) is 19.3 Å². The first-order chi connectivity index (χ1) is 9.15. The van der Waals surface area contributed by atoms with Gasteiger partial charge in [-0.15, -0.1) is 0 Å². The predicted octanol–water partition coefficient (Wildman–Crippen LogP) is 2.51. The van der Waals surface area contributed by atoms with Gasteiger partial charge < -0.3 is 4.98 Å². The Morgan fingerprint density at radius 2 is 2.00 bits per heavy atom. The van der Waals surface area contributed by atoms with Gasteiger partial charge in [0, 0.05) is 17.1 Å². The van der Waals surface area contributed by atoms with E-state index >= 15 is 0 Å². The van der Waals surface area contributed by atoms with Crippen LogP contribution in [0.3, 0.4) is 0 Å². The van der Waals surface area contributed by atoms with E-state index in [4.69, 9.17) is 0 Å². The summed E-state index contributed by atoms with van der Waals surface area (Å²) in [4.78, 5) is 26.2. The van der Waals surface area contributed by atoms with Crippen LogP contribution in [0.15, 0.2) is 16.7 Å². The van der Waals surface area contributed by atoms with E-state index in [0.717, 1.165) is 17.3 Å². The molecule has 1 aliphatic rings. The Labute approximate surface area is 120 Å². The highest BCUT2D eigenvalue weighted by Crippen LogP contribution is 2.25. The van der Waals surface area contributed by atoms with Gasteiger partial charge in [-0.05, 0) is 40.8 Å². The summed E-state index contributed by atoms with van der Waals surface area (Å²) < 4.78 is 0.797. The summed E-state index contributed by atoms with van der Waals surface area (Å²) in [5.74, 6) is -0.00106. The molecule has 0 unspecified atom stereocenters. The highest BCUT2D eigenvalue weighted by molar-refractivity contribution is 9.10. The molecule has 0 radical (unpaired) electrons. The zero-order valence-electron chi connectivity index (χ0n) is 10.7. The number of amides is 2. The molecule has 1 aliphatic carbocycles. The van der Waals surface area contributed by atoms with Gasteiger partial charge in [-0.2, -0.15) is 0 Å². The van der Waals surface area contributed by atoms with Crippen molar-refractivity contribution >= 4 is 27.7 Å². The minimum Gasteiger partial charge on any atom is -0.356 e. The number of aromatic amines is 1. The first-order valence-corrected chi connectivity index (χ1v) is 7.37. The Hall–Kier alpha value is -1.30. The number of carbonyl (C=O) groups excluding carboxylic acids is 2. The minimum absolute atomic E-state index is 0.120. The molecular weight excluding hydrogens is 310 g/mol. The first-order valence-electron chi connectivity index (χ1n) is 6.58. The summed E-state index contributed by atoms with van der Waals surface area (Å²) in [5.41, 5.74) is 5.28. The molecule has 1 aromatic rings. The number of aromatic nitrogens is 1. The van der Waals surface area contributed by atoms with Crippen molar-refractivity contribution in [1.82, 2.24) is 15.8 Å². The second-order valence-electron chi connectivity index (χ2n) is 4.94. The molecule has 19 heavy (non-hydrogen) atoms. The molecule has 3 N–H and O–H groups in total. The second-order valence-corrected chi connectivity index (χ2v) is 5.86. The van der Waals surface area contributed by atoms with Crippen molar-refractivity contribution in [1.29, 1.82) is 0 Å². The lowest BCUT2D eigenvalue weighted by Crippen LogP contribution is -2.42. The van der Waals surface area contributed by atoms with Gasteiger partial charge in [0.25, 0.3) is 5.91 Å². The molecule has 0 spiro atoms. The van der Waals surface area contributed by atoms with Gasteiger partial charge in [-0.25, -0.2) is 0 Å². The lowest BCUT2D eigenvalue weighted by Gasteiger charge is -2.20. The zero-order valence-corrected chi connectivity index (χ0v) is 12.3. The maximum atomic E-state index is 11.7. The van der Waals surface area contributed by atoms with E-state index < -0.39 is 0 Å². The SMILES string of the molecule is O=C(CC1CCCCC1)NNC(=O)c1cc(Br)c[nH]1. The molecule has 1 saturated carbocycles. The number of halogens is 1. The van der Waals surface area contributed by atoms with E-state index in [1.165, 1.54) is 19.3 Å². The van der Waals surface area contributed by atoms with Crippen molar-refractivity contribution in [3.63, 3.8) is 0 Å². The van der Waals surface area contributed by atoms with Crippen molar-refractivity contribution in [2.24, 2.45) is 5.92 Å². The van der Waals surface area contributed by atoms with Gasteiger partial charge in [-0.3, -0.25) is 20.4 Å². The average molecular weight is 328 g/mol. The smallest absolute Gasteiger partial charge is 0.286 e. The maximum absolute atomic E-state index is 11.7. The normalized spacial score (nSPS) is 16.1. The lowest BCUT2D eigenvalue weighted by atomic mass is 9.87. The number of carbonyl (C=O) groups is 2. The van der Waals surface area contributed by atoms with E-state index in [1.54, 1.807) is 12.3 Å². The minimum atomic E-state index is -0.345. The third kappa shape index (κ3) is 4.38. The highest BCUT2D eigenvalue weighted by Gasteiger charge is 2.17. The number of hydrogen-bond donors (Lipinski definition) is 3. The lowest BCUT2D eigenvalue weighted by molar-refractivity contribution is -0.123. The summed E-state index contributed by atoms with van der Waals surface area (Å²) in [7, 11) is 0. The van der Waals surface area contributed by atoms with Crippen LogP contribution in [-0.2, 0) is 4.79 Å². The van der Waals surface area contributed by atoms with Gasteiger partial charge in [0.05, 0.1) is 0 Å². The number of hydrogen-bond acceptors (Lipinski definition) is 2. The van der Waals surface area contributed by atoms with E-state index in [1.807, 2.05) is 0 Å². The molecule has 1 aromatic heterocycles. The molecule has 1 fully saturated rings. The van der Waals surface area contributed by atoms with E-state index in [-0.39, 0.29) is 11.8 Å². The summed E-state index contributed by atoms with van der Waals surface area (Å²) in [6, 6.07) is 1.66. The molecule has 0 saturated heterocycles. The van der Waals surface area contributed by atoms with Crippen LogP contribution in [0.4, 0.5) is 0 Å². The third-order valence-corrected chi connectivity index (χ3v) is 3.86. The van der Waals surface area contributed by atoms with Crippen LogP contribution in [0.5, 0.6) is 0 Å². The predicted molar refractivity (Wildman–Crippen MR) is 75.3 cm³/mol. The van der Waals surface area contributed by atoms with Gasteiger partial charge >= 0.3 is 0 Å². The molecule has 0 aromatic carbocycles. The van der Waals surface area contributed by atoms with Crippen molar-refractivity contribution < 1.29 is 9.59 Å². The second kappa shape index (κ2) is 6.75. The number of H-pyrrole nitrogens is 1. The monoisotopic (exact) mass is 327 g/mol. The third-order valence-electron chi connectivity index (χ3n) is 3.41. The van der Waals surface area contributed by atoms with Crippen molar-refractivity contribution in [2.45, 2.75) is 38.5 Å². The van der Waals surface area contributed by atoms with Gasteiger partial charge in [0.2, 0.25) is 5.91 Å². The molecule has 0 aliphatic heterocycles. The van der Waals surface area contributed by atoms with Crippen LogP contribution in [0, 0.1) is 5.92 Å². The molecule has 104 valence electrons. The van der Waals surface area contributed by atoms with E-state index in [0.29, 0.717) is 18.0 Å².